The minimum absolute atomic E-state index is 0.0847. The van der Waals surface area contributed by atoms with Gasteiger partial charge in [-0.3, -0.25) is 20.4 Å². The molecule has 144 valence electrons. The topological polar surface area (TPSA) is 76.7 Å². The molecule has 0 bridgehead atoms. The Morgan fingerprint density at radius 2 is 1.70 bits per heavy atom. The number of amides is 2. The Labute approximate surface area is 167 Å². The minimum Gasteiger partial charge on any atom is -0.490 e. The molecule has 0 aliphatic carbocycles. The van der Waals surface area contributed by atoms with E-state index in [2.05, 4.69) is 26.8 Å². The summed E-state index contributed by atoms with van der Waals surface area (Å²) in [6.45, 7) is 7.44. The highest BCUT2D eigenvalue weighted by Crippen LogP contribution is 2.24. The average Bonchev–Trinajstić information content (AvgIpc) is 2.58. The van der Waals surface area contributed by atoms with Crippen LogP contribution in [0.2, 0.25) is 0 Å². The number of hydrogen-bond acceptors (Lipinski definition) is 4. The predicted molar refractivity (Wildman–Crippen MR) is 107 cm³/mol. The van der Waals surface area contributed by atoms with Crippen LogP contribution in [-0.2, 0) is 4.79 Å². The zero-order chi connectivity index (χ0) is 20.0. The molecule has 0 spiro atoms. The van der Waals surface area contributed by atoms with Gasteiger partial charge in [-0.05, 0) is 69.2 Å². The summed E-state index contributed by atoms with van der Waals surface area (Å²) in [5, 5.41) is 0. The van der Waals surface area contributed by atoms with Gasteiger partial charge in [0.15, 0.2) is 6.61 Å². The molecule has 0 aliphatic rings. The molecule has 0 fully saturated rings. The lowest BCUT2D eigenvalue weighted by Gasteiger charge is -2.15. The highest BCUT2D eigenvalue weighted by Gasteiger charge is 2.15. The van der Waals surface area contributed by atoms with Crippen LogP contribution < -0.4 is 20.3 Å². The van der Waals surface area contributed by atoms with E-state index in [0.717, 1.165) is 15.6 Å². The molecule has 2 N–H and O–H groups in total. The van der Waals surface area contributed by atoms with E-state index in [-0.39, 0.29) is 12.7 Å². The first-order valence-electron chi connectivity index (χ1n) is 8.51. The largest absolute Gasteiger partial charge is 0.490 e. The van der Waals surface area contributed by atoms with E-state index in [1.807, 2.05) is 45.9 Å². The predicted octanol–water partition coefficient (Wildman–Crippen LogP) is 3.69. The van der Waals surface area contributed by atoms with Crippen molar-refractivity contribution in [1.82, 2.24) is 10.9 Å². The van der Waals surface area contributed by atoms with Crippen molar-refractivity contribution < 1.29 is 19.1 Å². The van der Waals surface area contributed by atoms with E-state index in [9.17, 15) is 9.59 Å². The average molecular weight is 435 g/mol. The second-order valence-electron chi connectivity index (χ2n) is 6.42. The quantitative estimate of drug-likeness (QED) is 0.679. The van der Waals surface area contributed by atoms with Gasteiger partial charge in [0, 0.05) is 4.47 Å². The van der Waals surface area contributed by atoms with E-state index < -0.39 is 11.8 Å². The molecule has 2 rings (SSSR count). The number of halogens is 1. The van der Waals surface area contributed by atoms with Crippen molar-refractivity contribution in [3.05, 3.63) is 57.6 Å². The van der Waals surface area contributed by atoms with Gasteiger partial charge in [0.05, 0.1) is 11.7 Å². The summed E-state index contributed by atoms with van der Waals surface area (Å²) in [6, 6.07) is 10.8. The molecular weight excluding hydrogens is 412 g/mol. The normalized spacial score (nSPS) is 10.4. The van der Waals surface area contributed by atoms with Gasteiger partial charge in [0.1, 0.15) is 11.5 Å². The number of aryl methyl sites for hydroxylation is 2. The first-order chi connectivity index (χ1) is 12.7. The molecule has 0 saturated heterocycles. The maximum absolute atomic E-state index is 12.4. The summed E-state index contributed by atoms with van der Waals surface area (Å²) in [6.07, 6.45) is -0.0847. The molecule has 0 aromatic heterocycles. The number of ether oxygens (including phenoxy) is 2. The van der Waals surface area contributed by atoms with Crippen molar-refractivity contribution in [1.29, 1.82) is 0 Å². The van der Waals surface area contributed by atoms with Gasteiger partial charge in [-0.25, -0.2) is 0 Å². The monoisotopic (exact) mass is 434 g/mol. The van der Waals surface area contributed by atoms with E-state index >= 15 is 0 Å². The molecule has 0 heterocycles. The van der Waals surface area contributed by atoms with Crippen LogP contribution in [0.5, 0.6) is 11.5 Å². The number of carbonyl (C=O) groups is 2. The van der Waals surface area contributed by atoms with Gasteiger partial charge in [0.25, 0.3) is 11.8 Å². The Morgan fingerprint density at radius 3 is 2.33 bits per heavy atom. The van der Waals surface area contributed by atoms with E-state index in [4.69, 9.17) is 9.47 Å². The van der Waals surface area contributed by atoms with Crippen LogP contribution in [0.4, 0.5) is 0 Å². The molecule has 0 radical (unpaired) electrons. The molecule has 7 heteroatoms. The number of carbonyl (C=O) groups excluding carboxylic acids is 2. The Hall–Kier alpha value is -2.54. The molecule has 2 amide bonds. The Balaban J connectivity index is 1.93. The molecule has 27 heavy (non-hydrogen) atoms. The minimum atomic E-state index is -0.480. The van der Waals surface area contributed by atoms with Crippen LogP contribution >= 0.6 is 15.9 Å². The molecule has 0 saturated carbocycles. The number of rotatable bonds is 6. The SMILES string of the molecule is Cc1cc(C)cc(OCC(=O)NNC(=O)c2cc(Br)ccc2OC(C)C)c1. The van der Waals surface area contributed by atoms with Crippen LogP contribution in [-0.4, -0.2) is 24.5 Å². The fourth-order valence-corrected chi connectivity index (χ4v) is 2.79. The summed E-state index contributed by atoms with van der Waals surface area (Å²) in [7, 11) is 0. The molecule has 2 aromatic carbocycles. The van der Waals surface area contributed by atoms with E-state index in [1.54, 1.807) is 18.2 Å². The molecule has 0 atom stereocenters. The highest BCUT2D eigenvalue weighted by molar-refractivity contribution is 9.10. The van der Waals surface area contributed by atoms with Gasteiger partial charge in [-0.1, -0.05) is 22.0 Å². The van der Waals surface area contributed by atoms with Gasteiger partial charge in [-0.2, -0.15) is 0 Å². The summed E-state index contributed by atoms with van der Waals surface area (Å²) >= 11 is 3.33. The fourth-order valence-electron chi connectivity index (χ4n) is 2.43. The third-order valence-corrected chi connectivity index (χ3v) is 3.92. The van der Waals surface area contributed by atoms with Crippen molar-refractivity contribution >= 4 is 27.7 Å². The van der Waals surface area contributed by atoms with Crippen LogP contribution in [0.15, 0.2) is 40.9 Å². The smallest absolute Gasteiger partial charge is 0.276 e. The third-order valence-electron chi connectivity index (χ3n) is 3.43. The van der Waals surface area contributed by atoms with Crippen LogP contribution in [0, 0.1) is 13.8 Å². The maximum atomic E-state index is 12.4. The molecule has 6 nitrogen and oxygen atoms in total. The first kappa shape index (κ1) is 20.8. The Kier molecular flexibility index (Phi) is 7.24. The van der Waals surface area contributed by atoms with Gasteiger partial charge in [-0.15, -0.1) is 0 Å². The van der Waals surface area contributed by atoms with E-state index in [1.165, 1.54) is 0 Å². The van der Waals surface area contributed by atoms with Crippen LogP contribution in [0.3, 0.4) is 0 Å². The van der Waals surface area contributed by atoms with Crippen LogP contribution in [0.25, 0.3) is 0 Å². The van der Waals surface area contributed by atoms with E-state index in [0.29, 0.717) is 17.1 Å². The summed E-state index contributed by atoms with van der Waals surface area (Å²) in [5.74, 6) is 0.0931. The zero-order valence-electron chi connectivity index (χ0n) is 15.8. The second kappa shape index (κ2) is 9.41. The standard InChI is InChI=1S/C20H23BrN2O4/c1-12(2)27-18-6-5-15(21)10-17(18)20(25)23-22-19(24)11-26-16-8-13(3)7-14(4)9-16/h5-10,12H,11H2,1-4H3,(H,22,24)(H,23,25). The van der Waals surface area contributed by atoms with Gasteiger partial charge >= 0.3 is 0 Å². The van der Waals surface area contributed by atoms with Gasteiger partial charge < -0.3 is 9.47 Å². The summed E-state index contributed by atoms with van der Waals surface area (Å²) in [4.78, 5) is 24.4. The summed E-state index contributed by atoms with van der Waals surface area (Å²) < 4.78 is 11.8. The van der Waals surface area contributed by atoms with Crippen molar-refractivity contribution in [2.45, 2.75) is 33.8 Å². The molecule has 0 aliphatic heterocycles. The maximum Gasteiger partial charge on any atom is 0.276 e. The van der Waals surface area contributed by atoms with Crippen LogP contribution in [0.1, 0.15) is 35.3 Å². The lowest BCUT2D eigenvalue weighted by molar-refractivity contribution is -0.123. The number of hydrogen-bond donors (Lipinski definition) is 2. The Morgan fingerprint density at radius 1 is 1.04 bits per heavy atom. The molecular formula is C20H23BrN2O4. The lowest BCUT2D eigenvalue weighted by atomic mass is 10.1. The third kappa shape index (κ3) is 6.60. The number of benzene rings is 2. The molecule has 2 aromatic rings. The number of hydrazine groups is 1. The number of nitrogens with one attached hydrogen (secondary N) is 2. The van der Waals surface area contributed by atoms with Gasteiger partial charge in [0.2, 0.25) is 0 Å². The molecule has 0 unspecified atom stereocenters. The van der Waals surface area contributed by atoms with Crippen molar-refractivity contribution in [3.8, 4) is 11.5 Å². The highest BCUT2D eigenvalue weighted by atomic mass is 79.9. The zero-order valence-corrected chi connectivity index (χ0v) is 17.3. The van der Waals surface area contributed by atoms with Crippen molar-refractivity contribution in [3.63, 3.8) is 0 Å². The summed E-state index contributed by atoms with van der Waals surface area (Å²) in [5.41, 5.74) is 7.13. The van der Waals surface area contributed by atoms with Crippen molar-refractivity contribution in [2.24, 2.45) is 0 Å². The van der Waals surface area contributed by atoms with Crippen molar-refractivity contribution in [2.75, 3.05) is 6.61 Å². The fraction of sp³-hybridized carbons (Fsp3) is 0.300. The lowest BCUT2D eigenvalue weighted by Crippen LogP contribution is -2.44. The Bertz CT molecular complexity index is 816. The second-order valence-corrected chi connectivity index (χ2v) is 7.34. The first-order valence-corrected chi connectivity index (χ1v) is 9.30.